The molecule has 9 N–H and O–H groups in total. The van der Waals surface area contributed by atoms with E-state index in [1.807, 2.05) is 6.92 Å². The summed E-state index contributed by atoms with van der Waals surface area (Å²) in [6.45, 7) is 12.1. The first-order chi connectivity index (χ1) is 25.3. The minimum Gasteiger partial charge on any atom is -0.396 e. The average Bonchev–Trinajstić information content (AvgIpc) is 3.13. The van der Waals surface area contributed by atoms with E-state index >= 15 is 0 Å². The maximum absolute atomic E-state index is 11.8. The summed E-state index contributed by atoms with van der Waals surface area (Å²) in [5.74, 6) is 0.352. The monoisotopic (exact) mass is 766 g/mol. The van der Waals surface area contributed by atoms with Crippen molar-refractivity contribution in [2.75, 3.05) is 19.8 Å². The number of fused-ring (bicyclic) bond motifs is 6. The highest BCUT2D eigenvalue weighted by Crippen LogP contribution is 2.71. The minimum atomic E-state index is -1.73. The molecule has 54 heavy (non-hydrogen) atoms. The number of allylic oxidation sites excluding steroid dienone is 3. The second-order valence-electron chi connectivity index (χ2n) is 19.6. The number of aliphatic hydroxyl groups is 9. The standard InChI is InChI=1S/C41H66O13/c1-20-29(46)34(54-35-32(49)31(48)30(47)24(17-42)52-35)33(50)36(51-20)53-28-10-12-39(5)25-8-7-21-22(38(25,4)11-9-26(39)40(28,6)18-43)15-27(45)41(19-44)14-13-37(2,3)16-23(21)41/h7-8,20,22,24-36,42-50H,9-19H2,1-6H3/t20?,22?,24?,25?,26?,27-,28-,29?,30?,31?,32?,33?,34?,35?,36?,38-,39+,40-,41+/m0/s1. The van der Waals surface area contributed by atoms with Crippen molar-refractivity contribution in [1.82, 2.24) is 0 Å². The molecule has 2 aliphatic heterocycles. The lowest BCUT2D eigenvalue weighted by molar-refractivity contribution is -0.367. The quantitative estimate of drug-likeness (QED) is 0.167. The summed E-state index contributed by atoms with van der Waals surface area (Å²) >= 11 is 0. The van der Waals surface area contributed by atoms with Gasteiger partial charge in [0.05, 0.1) is 38.1 Å². The maximum atomic E-state index is 11.8. The first-order valence-corrected chi connectivity index (χ1v) is 20.3. The van der Waals surface area contributed by atoms with E-state index in [0.717, 1.165) is 38.5 Å². The molecule has 0 aromatic rings. The smallest absolute Gasteiger partial charge is 0.187 e. The van der Waals surface area contributed by atoms with Gasteiger partial charge >= 0.3 is 0 Å². The fourth-order valence-corrected chi connectivity index (χ4v) is 12.7. The van der Waals surface area contributed by atoms with Crippen molar-refractivity contribution in [2.45, 2.75) is 167 Å². The third-order valence-corrected chi connectivity index (χ3v) is 16.1. The zero-order valence-electron chi connectivity index (χ0n) is 32.8. The van der Waals surface area contributed by atoms with Crippen LogP contribution in [0.15, 0.2) is 23.3 Å². The van der Waals surface area contributed by atoms with Crippen molar-refractivity contribution in [3.63, 3.8) is 0 Å². The highest BCUT2D eigenvalue weighted by atomic mass is 16.7. The Kier molecular flexibility index (Phi) is 10.9. The lowest BCUT2D eigenvalue weighted by Gasteiger charge is -2.67. The summed E-state index contributed by atoms with van der Waals surface area (Å²) in [5.41, 5.74) is 0.969. The van der Waals surface area contributed by atoms with E-state index in [1.165, 1.54) is 11.1 Å². The van der Waals surface area contributed by atoms with Crippen molar-refractivity contribution in [3.05, 3.63) is 23.3 Å². The summed E-state index contributed by atoms with van der Waals surface area (Å²) in [6, 6.07) is 0. The van der Waals surface area contributed by atoms with Crippen LogP contribution in [0.2, 0.25) is 0 Å². The number of hydrogen-bond donors (Lipinski definition) is 9. The van der Waals surface area contributed by atoms with Crippen LogP contribution < -0.4 is 0 Å². The van der Waals surface area contributed by atoms with Crippen molar-refractivity contribution < 1.29 is 64.9 Å². The van der Waals surface area contributed by atoms with Gasteiger partial charge in [0, 0.05) is 10.8 Å². The fraction of sp³-hybridized carbons (Fsp3) is 0.902. The second kappa shape index (κ2) is 14.4. The van der Waals surface area contributed by atoms with Gasteiger partial charge < -0.3 is 64.9 Å². The zero-order chi connectivity index (χ0) is 39.3. The van der Waals surface area contributed by atoms with E-state index < -0.39 is 91.1 Å². The van der Waals surface area contributed by atoms with Crippen LogP contribution in [-0.2, 0) is 18.9 Å². The van der Waals surface area contributed by atoms with Crippen molar-refractivity contribution in [2.24, 2.45) is 44.8 Å². The van der Waals surface area contributed by atoms with Crippen LogP contribution >= 0.6 is 0 Å². The topological polar surface area (TPSA) is 219 Å². The summed E-state index contributed by atoms with van der Waals surface area (Å²) in [6.07, 6.45) is -4.45. The Labute approximate surface area is 319 Å². The minimum absolute atomic E-state index is 0.0363. The van der Waals surface area contributed by atoms with Gasteiger partial charge in [-0.1, -0.05) is 52.3 Å². The fourth-order valence-electron chi connectivity index (χ4n) is 12.7. The summed E-state index contributed by atoms with van der Waals surface area (Å²) in [7, 11) is 0. The van der Waals surface area contributed by atoms with E-state index in [1.54, 1.807) is 6.92 Å². The molecule has 7 rings (SSSR count). The van der Waals surface area contributed by atoms with Crippen molar-refractivity contribution >= 4 is 0 Å². The lowest BCUT2D eigenvalue weighted by Crippen LogP contribution is -2.66. The molecule has 19 atom stereocenters. The van der Waals surface area contributed by atoms with Crippen LogP contribution in [-0.4, -0.2) is 139 Å². The Bertz CT molecular complexity index is 1450. The number of hydrogen-bond acceptors (Lipinski definition) is 13. The van der Waals surface area contributed by atoms with Crippen LogP contribution in [0.1, 0.15) is 92.9 Å². The normalized spacial score (nSPS) is 54.3. The van der Waals surface area contributed by atoms with Crippen LogP contribution in [0.5, 0.6) is 0 Å². The molecule has 0 radical (unpaired) electrons. The third kappa shape index (κ3) is 6.14. The molecule has 2 saturated heterocycles. The first kappa shape index (κ1) is 41.1. The van der Waals surface area contributed by atoms with Gasteiger partial charge in [0.1, 0.15) is 42.7 Å². The van der Waals surface area contributed by atoms with Crippen LogP contribution in [0.25, 0.3) is 0 Å². The largest absolute Gasteiger partial charge is 0.396 e. The van der Waals surface area contributed by atoms with Crippen LogP contribution in [0, 0.1) is 44.8 Å². The highest BCUT2D eigenvalue weighted by molar-refractivity contribution is 5.44. The molecular formula is C41H66O13. The van der Waals surface area contributed by atoms with E-state index in [0.29, 0.717) is 12.8 Å². The molecule has 0 bridgehead atoms. The van der Waals surface area contributed by atoms with Gasteiger partial charge in [-0.15, -0.1) is 0 Å². The summed E-state index contributed by atoms with van der Waals surface area (Å²) in [5, 5.41) is 97.2. The molecule has 13 heteroatoms. The predicted molar refractivity (Wildman–Crippen MR) is 194 cm³/mol. The maximum Gasteiger partial charge on any atom is 0.187 e. The molecule has 308 valence electrons. The highest BCUT2D eigenvalue weighted by Gasteiger charge is 2.66. The van der Waals surface area contributed by atoms with E-state index in [4.69, 9.17) is 18.9 Å². The molecule has 2 heterocycles. The first-order valence-electron chi connectivity index (χ1n) is 20.3. The van der Waals surface area contributed by atoms with Crippen molar-refractivity contribution in [3.8, 4) is 0 Å². The SMILES string of the molecule is CC1OC(O[C@H]2CC[C@]3(C)C4C=CC5=C6CC(C)(C)CC[C@]6(CO)[C@@H](O)CC5[C@]4(C)CCC3[C@]2(C)CO)C(O)C(OC2OC(CO)C(O)C(O)C2O)C1O. The molecule has 0 amide bonds. The van der Waals surface area contributed by atoms with E-state index in [2.05, 4.69) is 39.8 Å². The lowest BCUT2D eigenvalue weighted by atomic mass is 9.38. The van der Waals surface area contributed by atoms with Gasteiger partial charge in [0.2, 0.25) is 0 Å². The molecule has 13 unspecified atom stereocenters. The molecule has 7 aliphatic rings. The average molecular weight is 767 g/mol. The Hall–Kier alpha value is -1.04. The summed E-state index contributed by atoms with van der Waals surface area (Å²) in [4.78, 5) is 0. The number of ether oxygens (including phenoxy) is 4. The zero-order valence-corrected chi connectivity index (χ0v) is 32.8. The third-order valence-electron chi connectivity index (χ3n) is 16.1. The Morgan fingerprint density at radius 1 is 0.741 bits per heavy atom. The van der Waals surface area contributed by atoms with Gasteiger partial charge in [-0.2, -0.15) is 0 Å². The predicted octanol–water partition coefficient (Wildman–Crippen LogP) is 1.29. The molecular weight excluding hydrogens is 700 g/mol. The molecule has 0 aromatic heterocycles. The second-order valence-corrected chi connectivity index (χ2v) is 19.6. The van der Waals surface area contributed by atoms with Gasteiger partial charge in [0.25, 0.3) is 0 Å². The van der Waals surface area contributed by atoms with E-state index in [9.17, 15) is 46.0 Å². The molecule has 5 fully saturated rings. The van der Waals surface area contributed by atoms with Crippen molar-refractivity contribution in [1.29, 1.82) is 0 Å². The summed E-state index contributed by atoms with van der Waals surface area (Å²) < 4.78 is 24.0. The van der Waals surface area contributed by atoms with E-state index in [-0.39, 0.29) is 47.2 Å². The Morgan fingerprint density at radius 2 is 1.43 bits per heavy atom. The Morgan fingerprint density at radius 3 is 2.09 bits per heavy atom. The molecule has 3 saturated carbocycles. The Balaban J connectivity index is 1.13. The van der Waals surface area contributed by atoms with Crippen LogP contribution in [0.3, 0.4) is 0 Å². The molecule has 0 aromatic carbocycles. The van der Waals surface area contributed by atoms with Gasteiger partial charge in [-0.05, 0) is 97.9 Å². The number of aliphatic hydroxyl groups excluding tert-OH is 9. The molecule has 5 aliphatic carbocycles. The van der Waals surface area contributed by atoms with Gasteiger partial charge in [0.15, 0.2) is 12.6 Å². The van der Waals surface area contributed by atoms with Gasteiger partial charge in [-0.3, -0.25) is 0 Å². The number of rotatable bonds is 7. The molecule has 13 nitrogen and oxygen atoms in total. The van der Waals surface area contributed by atoms with Gasteiger partial charge in [-0.25, -0.2) is 0 Å². The van der Waals surface area contributed by atoms with Crippen LogP contribution in [0.4, 0.5) is 0 Å². The molecule has 0 spiro atoms.